The van der Waals surface area contributed by atoms with E-state index in [-0.39, 0.29) is 69.7 Å². The average molecular weight is 422 g/mol. The van der Waals surface area contributed by atoms with E-state index in [9.17, 15) is 0 Å². The molecule has 8 heteroatoms. The summed E-state index contributed by atoms with van der Waals surface area (Å²) < 4.78 is 0. The predicted molar refractivity (Wildman–Crippen MR) is 48.9 cm³/mol. The summed E-state index contributed by atoms with van der Waals surface area (Å²) in [4.78, 5) is 0. The van der Waals surface area contributed by atoms with E-state index in [1.165, 1.54) is 0 Å². The van der Waals surface area contributed by atoms with Crippen molar-refractivity contribution in [3.8, 4) is 0 Å². The fourth-order valence-electron chi connectivity index (χ4n) is 0.680. The van der Waals surface area contributed by atoms with Crippen LogP contribution in [0.3, 0.4) is 0 Å². The molecule has 0 aromatic rings. The minimum Gasteiger partial charge on any atom is -1.00 e. The van der Waals surface area contributed by atoms with Crippen LogP contribution in [0.1, 0.15) is 12.8 Å². The number of halogens is 6. The van der Waals surface area contributed by atoms with Crippen LogP contribution in [0.4, 0.5) is 0 Å². The molecule has 2 aliphatic rings. The standard InChI is InChI=1S/2C5H5.6FH.Fe.Sb/c2*1-2-4-5-3-1;;;;;;;;/h2*1-3H,4H2;6*1H;;/q2*-1;;;;;;;+5;+3/p-6. The van der Waals surface area contributed by atoms with Gasteiger partial charge < -0.3 is 28.2 Å². The van der Waals surface area contributed by atoms with Crippen LogP contribution in [-0.2, 0) is 17.1 Å². The van der Waals surface area contributed by atoms with Crippen molar-refractivity contribution in [1.29, 1.82) is 0 Å². The molecule has 105 valence electrons. The van der Waals surface area contributed by atoms with Crippen LogP contribution in [0.25, 0.3) is 0 Å². The monoisotopic (exact) mass is 421 g/mol. The van der Waals surface area contributed by atoms with Crippen molar-refractivity contribution in [1.82, 2.24) is 0 Å². The van der Waals surface area contributed by atoms with Gasteiger partial charge in [0.25, 0.3) is 0 Å². The van der Waals surface area contributed by atoms with E-state index in [1.807, 2.05) is 24.3 Å². The van der Waals surface area contributed by atoms with Crippen molar-refractivity contribution in [3.63, 3.8) is 0 Å². The van der Waals surface area contributed by atoms with Gasteiger partial charge in [-0.15, -0.1) is 12.8 Å². The van der Waals surface area contributed by atoms with Crippen LogP contribution in [0, 0.1) is 12.2 Å². The van der Waals surface area contributed by atoms with E-state index in [1.54, 1.807) is 0 Å². The van der Waals surface area contributed by atoms with Gasteiger partial charge in [-0.2, -0.15) is 12.2 Å². The predicted octanol–water partition coefficient (Wildman–Crippen LogP) is -15.7. The molecular formula is C10H10F6FeSb. The number of hydrogen-bond donors (Lipinski definition) is 0. The van der Waals surface area contributed by atoms with Gasteiger partial charge in [-0.25, -0.2) is 24.3 Å². The number of rotatable bonds is 0. The van der Waals surface area contributed by atoms with E-state index >= 15 is 0 Å². The Balaban J connectivity index is -0.0000000128. The molecule has 0 heterocycles. The molecule has 2 aliphatic carbocycles. The van der Waals surface area contributed by atoms with Crippen molar-refractivity contribution in [3.05, 3.63) is 48.6 Å². The first-order valence-corrected chi connectivity index (χ1v) is 3.43. The summed E-state index contributed by atoms with van der Waals surface area (Å²) in [6.45, 7) is 0. The maximum atomic E-state index is 2.99. The minimum atomic E-state index is 0. The summed E-state index contributed by atoms with van der Waals surface area (Å²) in [5, 5.41) is 0. The molecule has 0 saturated carbocycles. The zero-order valence-electron chi connectivity index (χ0n) is 8.95. The van der Waals surface area contributed by atoms with Crippen LogP contribution in [0.5, 0.6) is 0 Å². The molecule has 3 radical (unpaired) electrons. The van der Waals surface area contributed by atoms with Crippen molar-refractivity contribution < 1.29 is 45.3 Å². The maximum absolute atomic E-state index is 2.99. The topological polar surface area (TPSA) is 0 Å². The Morgan fingerprint density at radius 1 is 0.611 bits per heavy atom. The Morgan fingerprint density at radius 2 is 0.889 bits per heavy atom. The molecule has 0 nitrogen and oxygen atoms in total. The fourth-order valence-corrected chi connectivity index (χ4v) is 0.680. The Hall–Kier alpha value is -0.122. The van der Waals surface area contributed by atoms with E-state index in [4.69, 9.17) is 0 Å². The first kappa shape index (κ1) is 52.2. The summed E-state index contributed by atoms with van der Waals surface area (Å²) in [6.07, 6.45) is 20.0. The molecule has 18 heavy (non-hydrogen) atoms. The van der Waals surface area contributed by atoms with Crippen LogP contribution >= 0.6 is 0 Å². The summed E-state index contributed by atoms with van der Waals surface area (Å²) in [6, 6.07) is 0. The van der Waals surface area contributed by atoms with Crippen molar-refractivity contribution in [2.75, 3.05) is 0 Å². The fraction of sp³-hybridized carbons (Fsp3) is 0.200. The van der Waals surface area contributed by atoms with Gasteiger partial charge in [0.1, 0.15) is 0 Å². The molecule has 0 spiro atoms. The average Bonchev–Trinajstić information content (AvgIpc) is 2.67. The van der Waals surface area contributed by atoms with Gasteiger partial charge in [0.15, 0.2) is 0 Å². The second kappa shape index (κ2) is 43.6. The van der Waals surface area contributed by atoms with Crippen LogP contribution < -0.4 is 28.2 Å². The van der Waals surface area contributed by atoms with Gasteiger partial charge in [0, 0.05) is 0 Å². The zero-order chi connectivity index (χ0) is 7.07. The van der Waals surface area contributed by atoms with Gasteiger partial charge in [0.2, 0.25) is 0 Å². The Labute approximate surface area is 131 Å². The normalized spacial score (nSPS) is 9.78. The van der Waals surface area contributed by atoms with E-state index < -0.39 is 0 Å². The SMILES string of the molecule is [C-]1=CC=CC1.[C-]1=CC=CC1.[F-].[F-].[F-].[F-].[F-].[F-].[Fe+5].[Sb+3]. The third kappa shape index (κ3) is 36.0. The molecule has 0 aromatic heterocycles. The molecule has 2 rings (SSSR count). The van der Waals surface area contributed by atoms with E-state index in [0.717, 1.165) is 12.8 Å². The summed E-state index contributed by atoms with van der Waals surface area (Å²) in [5.74, 6) is 0. The molecule has 0 fully saturated rings. The van der Waals surface area contributed by atoms with Crippen LogP contribution in [0.2, 0.25) is 0 Å². The molecule has 0 N–H and O–H groups in total. The molecule has 0 amide bonds. The Bertz CT molecular complexity index is 165. The van der Waals surface area contributed by atoms with E-state index in [2.05, 4.69) is 24.3 Å². The van der Waals surface area contributed by atoms with Crippen molar-refractivity contribution in [2.24, 2.45) is 0 Å². The first-order valence-electron chi connectivity index (χ1n) is 3.43. The van der Waals surface area contributed by atoms with E-state index in [0.29, 0.717) is 0 Å². The Morgan fingerprint density at radius 3 is 0.944 bits per heavy atom. The molecule has 0 bridgehead atoms. The van der Waals surface area contributed by atoms with Gasteiger partial charge in [-0.3, -0.25) is 12.2 Å². The van der Waals surface area contributed by atoms with Gasteiger partial charge in [-0.1, -0.05) is 0 Å². The molecule has 0 unspecified atom stereocenters. The minimum absolute atomic E-state index is 0. The molecule has 0 aromatic carbocycles. The van der Waals surface area contributed by atoms with Crippen molar-refractivity contribution in [2.45, 2.75) is 12.8 Å². The summed E-state index contributed by atoms with van der Waals surface area (Å²) in [5.41, 5.74) is 0. The zero-order valence-corrected chi connectivity index (χ0v) is 12.6. The van der Waals surface area contributed by atoms with Gasteiger partial charge in [0.05, 0.1) is 0 Å². The number of hydrogen-bond acceptors (Lipinski definition) is 0. The summed E-state index contributed by atoms with van der Waals surface area (Å²) in [7, 11) is 0. The molecule has 0 aliphatic heterocycles. The first-order chi connectivity index (χ1) is 5.00. The quantitative estimate of drug-likeness (QED) is 0.207. The molecule has 0 saturated heterocycles. The smallest absolute Gasteiger partial charge is 1.00 e. The largest absolute Gasteiger partial charge is 5.00 e. The third-order valence-electron chi connectivity index (χ3n) is 1.17. The van der Waals surface area contributed by atoms with Crippen LogP contribution in [-0.4, -0.2) is 24.4 Å². The second-order valence-electron chi connectivity index (χ2n) is 2.01. The van der Waals surface area contributed by atoms with Gasteiger partial charge in [-0.05, 0) is 0 Å². The van der Waals surface area contributed by atoms with Gasteiger partial charge >= 0.3 is 41.5 Å². The molecule has 0 atom stereocenters. The number of allylic oxidation sites excluding steroid dienone is 8. The summed E-state index contributed by atoms with van der Waals surface area (Å²) >= 11 is 0. The van der Waals surface area contributed by atoms with Crippen molar-refractivity contribution >= 4 is 24.4 Å². The Kier molecular flexibility index (Phi) is 126. The maximum Gasteiger partial charge on any atom is 5.00 e. The third-order valence-corrected chi connectivity index (χ3v) is 1.17. The van der Waals surface area contributed by atoms with Crippen LogP contribution in [0.15, 0.2) is 36.5 Å². The molecular weight excluding hydrogens is 412 g/mol. The second-order valence-corrected chi connectivity index (χ2v) is 2.01.